The first-order chi connectivity index (χ1) is 7.51. The number of methoxy groups -OCH3 is 1. The van der Waals surface area contributed by atoms with Crippen molar-refractivity contribution in [2.75, 3.05) is 19.1 Å². The minimum Gasteiger partial charge on any atom is -0.497 e. The lowest BCUT2D eigenvalue weighted by Crippen LogP contribution is -2.32. The van der Waals surface area contributed by atoms with Gasteiger partial charge in [0.1, 0.15) is 5.75 Å². The largest absolute Gasteiger partial charge is 0.497 e. The van der Waals surface area contributed by atoms with Gasteiger partial charge >= 0.3 is 0 Å². The first kappa shape index (κ1) is 13.8. The van der Waals surface area contributed by atoms with Gasteiger partial charge in [-0.25, -0.2) is 0 Å². The van der Waals surface area contributed by atoms with Crippen molar-refractivity contribution in [1.29, 1.82) is 0 Å². The van der Waals surface area contributed by atoms with E-state index in [4.69, 9.17) is 16.3 Å². The third-order valence-electron chi connectivity index (χ3n) is 2.57. The van der Waals surface area contributed by atoms with Crippen molar-refractivity contribution >= 4 is 27.5 Å². The van der Waals surface area contributed by atoms with Crippen LogP contribution in [0.5, 0.6) is 5.75 Å². The van der Waals surface area contributed by atoms with Crippen LogP contribution in [-0.4, -0.2) is 19.1 Å². The fraction of sp³-hybridized carbons (Fsp3) is 0.500. The predicted molar refractivity (Wildman–Crippen MR) is 72.8 cm³/mol. The zero-order chi connectivity index (χ0) is 12.2. The molecule has 1 aromatic carbocycles. The zero-order valence-corrected chi connectivity index (χ0v) is 12.2. The van der Waals surface area contributed by atoms with Crippen LogP contribution in [0.1, 0.15) is 19.4 Å². The van der Waals surface area contributed by atoms with Crippen LogP contribution in [-0.2, 0) is 5.41 Å². The lowest BCUT2D eigenvalue weighted by molar-refractivity contribution is 0.413. The van der Waals surface area contributed by atoms with Crippen molar-refractivity contribution in [2.24, 2.45) is 0 Å². The Morgan fingerprint density at radius 3 is 2.62 bits per heavy atom. The topological polar surface area (TPSA) is 21.3 Å². The normalized spacial score (nSPS) is 11.6. The van der Waals surface area contributed by atoms with E-state index >= 15 is 0 Å². The van der Waals surface area contributed by atoms with Crippen LogP contribution in [0.2, 0.25) is 5.02 Å². The fourth-order valence-corrected chi connectivity index (χ4v) is 2.25. The molecule has 0 aliphatic carbocycles. The van der Waals surface area contributed by atoms with E-state index < -0.39 is 0 Å². The third-order valence-corrected chi connectivity index (χ3v) is 3.28. The molecule has 0 aliphatic heterocycles. The van der Waals surface area contributed by atoms with E-state index in [1.807, 2.05) is 18.2 Å². The molecule has 0 atom stereocenters. The van der Waals surface area contributed by atoms with E-state index in [9.17, 15) is 0 Å². The summed E-state index contributed by atoms with van der Waals surface area (Å²) in [6.07, 6.45) is 0. The zero-order valence-electron chi connectivity index (χ0n) is 9.81. The number of benzene rings is 1. The first-order valence-electron chi connectivity index (χ1n) is 5.12. The van der Waals surface area contributed by atoms with Gasteiger partial charge in [-0.3, -0.25) is 0 Å². The predicted octanol–water partition coefficient (Wildman–Crippen LogP) is 3.57. The van der Waals surface area contributed by atoms with Crippen molar-refractivity contribution in [3.05, 3.63) is 28.8 Å². The Kier molecular flexibility index (Phi) is 5.09. The molecule has 90 valence electrons. The molecule has 4 heteroatoms. The van der Waals surface area contributed by atoms with Gasteiger partial charge in [0.15, 0.2) is 0 Å². The number of hydrogen-bond acceptors (Lipinski definition) is 2. The van der Waals surface area contributed by atoms with Crippen molar-refractivity contribution in [2.45, 2.75) is 19.3 Å². The molecule has 2 nitrogen and oxygen atoms in total. The molecule has 0 aromatic heterocycles. The van der Waals surface area contributed by atoms with Crippen molar-refractivity contribution < 1.29 is 4.74 Å². The van der Waals surface area contributed by atoms with Crippen LogP contribution >= 0.6 is 27.5 Å². The molecule has 0 unspecified atom stereocenters. The molecule has 16 heavy (non-hydrogen) atoms. The minimum absolute atomic E-state index is 0.00285. The summed E-state index contributed by atoms with van der Waals surface area (Å²) in [5, 5.41) is 4.02. The number of alkyl halides is 1. The SMILES string of the molecule is COc1ccc(C(C)(C)CNCBr)c(Cl)c1. The molecule has 1 N–H and O–H groups in total. The second kappa shape index (κ2) is 5.89. The molecule has 0 radical (unpaired) electrons. The maximum atomic E-state index is 6.25. The second-order valence-electron chi connectivity index (χ2n) is 4.29. The Balaban J connectivity index is 2.94. The standard InChI is InChI=1S/C12H17BrClNO/c1-12(2,7-15-8-13)10-5-4-9(16-3)6-11(10)14/h4-6,15H,7-8H2,1-3H3. The molecule has 1 aromatic rings. The molecule has 0 saturated carbocycles. The number of nitrogens with one attached hydrogen (secondary N) is 1. The minimum atomic E-state index is -0.00285. The Morgan fingerprint density at radius 2 is 2.12 bits per heavy atom. The third kappa shape index (κ3) is 3.37. The van der Waals surface area contributed by atoms with Gasteiger partial charge in [-0.2, -0.15) is 0 Å². The Bertz CT molecular complexity index is 355. The van der Waals surface area contributed by atoms with E-state index in [1.54, 1.807) is 7.11 Å². The highest BCUT2D eigenvalue weighted by Gasteiger charge is 2.22. The van der Waals surface area contributed by atoms with E-state index in [0.29, 0.717) is 0 Å². The van der Waals surface area contributed by atoms with Crippen LogP contribution in [0.25, 0.3) is 0 Å². The maximum Gasteiger partial charge on any atom is 0.120 e. The molecule has 0 aliphatic rings. The van der Waals surface area contributed by atoms with Gasteiger partial charge in [0.2, 0.25) is 0 Å². The summed E-state index contributed by atoms with van der Waals surface area (Å²) in [6, 6.07) is 5.82. The highest BCUT2D eigenvalue weighted by molar-refractivity contribution is 9.09. The van der Waals surface area contributed by atoms with Gasteiger partial charge in [0.25, 0.3) is 0 Å². The van der Waals surface area contributed by atoms with Gasteiger partial charge in [0.05, 0.1) is 12.6 Å². The summed E-state index contributed by atoms with van der Waals surface area (Å²) >= 11 is 9.60. The summed E-state index contributed by atoms with van der Waals surface area (Å²) in [7, 11) is 1.64. The molecule has 0 fully saturated rings. The Labute approximate surface area is 110 Å². The van der Waals surface area contributed by atoms with Crippen LogP contribution in [0.3, 0.4) is 0 Å². The average molecular weight is 307 g/mol. The molecule has 1 rings (SSSR count). The summed E-state index contributed by atoms with van der Waals surface area (Å²) in [4.78, 5) is 0. The summed E-state index contributed by atoms with van der Waals surface area (Å²) in [6.45, 7) is 5.19. The monoisotopic (exact) mass is 305 g/mol. The molecule has 0 heterocycles. The Hall–Kier alpha value is -0.250. The van der Waals surface area contributed by atoms with Crippen LogP contribution < -0.4 is 10.1 Å². The summed E-state index contributed by atoms with van der Waals surface area (Å²) in [5.74, 6) is 0.790. The van der Waals surface area contributed by atoms with Gasteiger partial charge in [-0.15, -0.1) is 0 Å². The molecule has 0 spiro atoms. The maximum absolute atomic E-state index is 6.25. The lowest BCUT2D eigenvalue weighted by atomic mass is 9.84. The van der Waals surface area contributed by atoms with Gasteiger partial charge in [-0.05, 0) is 17.7 Å². The summed E-state index contributed by atoms with van der Waals surface area (Å²) < 4.78 is 5.14. The average Bonchev–Trinajstić information content (AvgIpc) is 2.25. The number of hydrogen-bond donors (Lipinski definition) is 1. The van der Waals surface area contributed by atoms with Crippen molar-refractivity contribution in [3.8, 4) is 5.75 Å². The van der Waals surface area contributed by atoms with Crippen molar-refractivity contribution in [3.63, 3.8) is 0 Å². The van der Waals surface area contributed by atoms with E-state index in [2.05, 4.69) is 35.1 Å². The highest BCUT2D eigenvalue weighted by atomic mass is 79.9. The highest BCUT2D eigenvalue weighted by Crippen LogP contribution is 2.32. The van der Waals surface area contributed by atoms with Gasteiger partial charge in [-0.1, -0.05) is 47.4 Å². The molecule has 0 amide bonds. The molecule has 0 saturated heterocycles. The number of rotatable bonds is 5. The van der Waals surface area contributed by atoms with Gasteiger partial charge < -0.3 is 10.1 Å². The molecule has 0 bridgehead atoms. The molecular weight excluding hydrogens is 289 g/mol. The fourth-order valence-electron chi connectivity index (χ4n) is 1.63. The molecular formula is C12H17BrClNO. The van der Waals surface area contributed by atoms with Gasteiger partial charge in [0, 0.05) is 17.0 Å². The van der Waals surface area contributed by atoms with Crippen LogP contribution in [0.4, 0.5) is 0 Å². The van der Waals surface area contributed by atoms with E-state index in [1.165, 1.54) is 0 Å². The quantitative estimate of drug-likeness (QED) is 0.663. The second-order valence-corrected chi connectivity index (χ2v) is 5.26. The van der Waals surface area contributed by atoms with Crippen LogP contribution in [0.15, 0.2) is 18.2 Å². The number of ether oxygens (including phenoxy) is 1. The van der Waals surface area contributed by atoms with E-state index in [0.717, 1.165) is 28.3 Å². The smallest absolute Gasteiger partial charge is 0.120 e. The summed E-state index contributed by atoms with van der Waals surface area (Å²) in [5.41, 5.74) is 1.91. The van der Waals surface area contributed by atoms with Crippen LogP contribution in [0, 0.1) is 0 Å². The van der Waals surface area contributed by atoms with Crippen molar-refractivity contribution in [1.82, 2.24) is 5.32 Å². The Morgan fingerprint density at radius 1 is 1.44 bits per heavy atom. The lowest BCUT2D eigenvalue weighted by Gasteiger charge is -2.26. The first-order valence-corrected chi connectivity index (χ1v) is 6.62. The van der Waals surface area contributed by atoms with E-state index in [-0.39, 0.29) is 5.41 Å². The number of halogens is 2.